The number of rotatable bonds is 10. The normalized spacial score (nSPS) is 14.8. The van der Waals surface area contributed by atoms with Gasteiger partial charge in [-0.3, -0.25) is 9.89 Å². The van der Waals surface area contributed by atoms with E-state index in [2.05, 4.69) is 69.9 Å². The molecule has 1 N–H and O–H groups in total. The zero-order valence-electron chi connectivity index (χ0n) is 19.5. The highest BCUT2D eigenvalue weighted by atomic mass is 127. The van der Waals surface area contributed by atoms with Crippen molar-refractivity contribution in [2.24, 2.45) is 4.99 Å². The largest absolute Gasteiger partial charge is 0.492 e. The molecular weight excluding hydrogens is 535 g/mol. The average molecular weight is 573 g/mol. The third-order valence-electron chi connectivity index (χ3n) is 5.72. The van der Waals surface area contributed by atoms with E-state index in [0.717, 1.165) is 63.8 Å². The molecule has 2 aromatic rings. The molecule has 0 saturated carbocycles. The lowest BCUT2D eigenvalue weighted by molar-refractivity contribution is 0.0392. The van der Waals surface area contributed by atoms with Gasteiger partial charge in [0, 0.05) is 57.9 Å². The molecule has 2 heterocycles. The minimum atomic E-state index is 0. The third-order valence-corrected chi connectivity index (χ3v) is 6.66. The Morgan fingerprint density at radius 1 is 1.19 bits per heavy atom. The van der Waals surface area contributed by atoms with E-state index in [0.29, 0.717) is 12.6 Å². The number of nitrogens with one attached hydrogen (secondary N) is 1. The van der Waals surface area contributed by atoms with Gasteiger partial charge in [-0.05, 0) is 55.5 Å². The molecule has 0 aliphatic carbocycles. The number of aliphatic imine (C=N–C) groups is 1. The maximum absolute atomic E-state index is 6.03. The first-order valence-corrected chi connectivity index (χ1v) is 12.0. The van der Waals surface area contributed by atoms with E-state index in [9.17, 15) is 0 Å². The highest BCUT2D eigenvalue weighted by molar-refractivity contribution is 14.0. The zero-order valence-corrected chi connectivity index (χ0v) is 22.6. The molecule has 0 radical (unpaired) electrons. The van der Waals surface area contributed by atoms with E-state index in [1.165, 1.54) is 10.4 Å². The fraction of sp³-hybridized carbons (Fsp3) is 0.542. The molecule has 8 heteroatoms. The molecular formula is C24H37IN4O2S. The van der Waals surface area contributed by atoms with Crippen molar-refractivity contribution >= 4 is 41.3 Å². The molecule has 1 aromatic carbocycles. The van der Waals surface area contributed by atoms with Crippen LogP contribution in [0.25, 0.3) is 0 Å². The molecule has 1 saturated heterocycles. The number of benzene rings is 1. The standard InChI is InChI=1S/C24H36N4O2S.HI/c1-25-24(28(3)12-9-23-8-5-17-31-23)26-19-20-6-4-7-22(18-20)30-16-13-27(2)21-10-14-29-15-11-21;/h4-8,17-18,21H,9-16,19H2,1-3H3,(H,25,26);1H. The third kappa shape index (κ3) is 8.88. The van der Waals surface area contributed by atoms with Crippen LogP contribution in [-0.2, 0) is 17.7 Å². The van der Waals surface area contributed by atoms with Crippen LogP contribution in [0.3, 0.4) is 0 Å². The Kier molecular flexibility index (Phi) is 12.4. The van der Waals surface area contributed by atoms with Gasteiger partial charge in [-0.2, -0.15) is 0 Å². The van der Waals surface area contributed by atoms with Crippen LogP contribution in [0.15, 0.2) is 46.8 Å². The maximum atomic E-state index is 6.03. The van der Waals surface area contributed by atoms with Gasteiger partial charge in [0.2, 0.25) is 0 Å². The highest BCUT2D eigenvalue weighted by Gasteiger charge is 2.18. The Hall–Kier alpha value is -1.36. The van der Waals surface area contributed by atoms with Gasteiger partial charge in [-0.1, -0.05) is 18.2 Å². The van der Waals surface area contributed by atoms with Gasteiger partial charge in [-0.25, -0.2) is 0 Å². The lowest BCUT2D eigenvalue weighted by atomic mass is 10.1. The van der Waals surface area contributed by atoms with Crippen LogP contribution >= 0.6 is 35.3 Å². The Bertz CT molecular complexity index is 797. The van der Waals surface area contributed by atoms with Crippen LogP contribution in [0.5, 0.6) is 5.75 Å². The number of likely N-dealkylation sites (N-methyl/N-ethyl adjacent to an activating group) is 2. The molecule has 178 valence electrons. The average Bonchev–Trinajstić information content (AvgIpc) is 3.33. The number of thiophene rings is 1. The van der Waals surface area contributed by atoms with Crippen LogP contribution in [0.2, 0.25) is 0 Å². The first kappa shape index (κ1) is 26.9. The van der Waals surface area contributed by atoms with Crippen LogP contribution in [0.1, 0.15) is 23.3 Å². The molecule has 0 spiro atoms. The summed E-state index contributed by atoms with van der Waals surface area (Å²) in [5.41, 5.74) is 1.18. The van der Waals surface area contributed by atoms with Crippen LogP contribution in [0.4, 0.5) is 0 Å². The number of guanidine groups is 1. The van der Waals surface area contributed by atoms with Gasteiger partial charge in [-0.15, -0.1) is 35.3 Å². The molecule has 32 heavy (non-hydrogen) atoms. The second kappa shape index (κ2) is 14.7. The Labute approximate surface area is 214 Å². The molecule has 3 rings (SSSR count). The lowest BCUT2D eigenvalue weighted by Gasteiger charge is -2.31. The van der Waals surface area contributed by atoms with Crippen molar-refractivity contribution in [3.63, 3.8) is 0 Å². The van der Waals surface area contributed by atoms with Crippen molar-refractivity contribution in [1.29, 1.82) is 0 Å². The lowest BCUT2D eigenvalue weighted by Crippen LogP contribution is -2.39. The Morgan fingerprint density at radius 3 is 2.72 bits per heavy atom. The number of hydrogen-bond acceptors (Lipinski definition) is 5. The predicted molar refractivity (Wildman–Crippen MR) is 145 cm³/mol. The summed E-state index contributed by atoms with van der Waals surface area (Å²) in [5, 5.41) is 5.59. The monoisotopic (exact) mass is 572 g/mol. The fourth-order valence-corrected chi connectivity index (χ4v) is 4.46. The number of nitrogens with zero attached hydrogens (tertiary/aromatic N) is 3. The van der Waals surface area contributed by atoms with Gasteiger partial charge in [0.25, 0.3) is 0 Å². The van der Waals surface area contributed by atoms with Crippen molar-refractivity contribution in [2.75, 3.05) is 54.1 Å². The molecule has 6 nitrogen and oxygen atoms in total. The van der Waals surface area contributed by atoms with Gasteiger partial charge in [0.1, 0.15) is 12.4 Å². The molecule has 1 aliphatic rings. The summed E-state index contributed by atoms with van der Waals surface area (Å²) < 4.78 is 11.5. The molecule has 1 aliphatic heterocycles. The van der Waals surface area contributed by atoms with Gasteiger partial charge >= 0.3 is 0 Å². The number of halogens is 1. The van der Waals surface area contributed by atoms with Crippen molar-refractivity contribution in [1.82, 2.24) is 15.1 Å². The van der Waals surface area contributed by atoms with E-state index in [1.807, 2.05) is 13.1 Å². The first-order chi connectivity index (χ1) is 15.2. The molecule has 0 amide bonds. The summed E-state index contributed by atoms with van der Waals surface area (Å²) in [7, 11) is 6.09. The Balaban J connectivity index is 0.00000363. The molecule has 1 aromatic heterocycles. The van der Waals surface area contributed by atoms with Gasteiger partial charge in [0.05, 0.1) is 0 Å². The fourth-order valence-electron chi connectivity index (χ4n) is 3.77. The van der Waals surface area contributed by atoms with E-state index in [-0.39, 0.29) is 24.0 Å². The number of hydrogen-bond donors (Lipinski definition) is 1. The molecule has 0 unspecified atom stereocenters. The van der Waals surface area contributed by atoms with E-state index < -0.39 is 0 Å². The molecule has 1 fully saturated rings. The van der Waals surface area contributed by atoms with Crippen molar-refractivity contribution < 1.29 is 9.47 Å². The van der Waals surface area contributed by atoms with Crippen LogP contribution in [-0.4, -0.2) is 75.9 Å². The second-order valence-electron chi connectivity index (χ2n) is 7.97. The first-order valence-electron chi connectivity index (χ1n) is 11.1. The molecule has 0 atom stereocenters. The summed E-state index contributed by atoms with van der Waals surface area (Å²) in [6.45, 7) is 5.01. The Morgan fingerprint density at radius 2 is 2.00 bits per heavy atom. The second-order valence-corrected chi connectivity index (χ2v) is 9.00. The van der Waals surface area contributed by atoms with Gasteiger partial charge < -0.3 is 19.7 Å². The highest BCUT2D eigenvalue weighted by Crippen LogP contribution is 2.15. The quantitative estimate of drug-likeness (QED) is 0.264. The topological polar surface area (TPSA) is 49.3 Å². The summed E-state index contributed by atoms with van der Waals surface area (Å²) in [5.74, 6) is 1.82. The number of ether oxygens (including phenoxy) is 2. The summed E-state index contributed by atoms with van der Waals surface area (Å²) >= 11 is 1.80. The smallest absolute Gasteiger partial charge is 0.193 e. The van der Waals surface area contributed by atoms with Gasteiger partial charge in [0.15, 0.2) is 5.96 Å². The van der Waals surface area contributed by atoms with E-state index >= 15 is 0 Å². The molecule has 0 bridgehead atoms. The minimum Gasteiger partial charge on any atom is -0.492 e. The summed E-state index contributed by atoms with van der Waals surface area (Å²) in [6, 6.07) is 13.2. The van der Waals surface area contributed by atoms with Crippen molar-refractivity contribution in [3.8, 4) is 5.75 Å². The minimum absolute atomic E-state index is 0. The zero-order chi connectivity index (χ0) is 21.9. The van der Waals surface area contributed by atoms with E-state index in [1.54, 1.807) is 11.3 Å². The van der Waals surface area contributed by atoms with Crippen LogP contribution in [0, 0.1) is 0 Å². The summed E-state index contributed by atoms with van der Waals surface area (Å²) in [6.07, 6.45) is 3.25. The predicted octanol–water partition coefficient (Wildman–Crippen LogP) is 4.11. The maximum Gasteiger partial charge on any atom is 0.193 e. The van der Waals surface area contributed by atoms with E-state index in [4.69, 9.17) is 9.47 Å². The SMILES string of the molecule is CN=C(NCc1cccc(OCCN(C)C2CCOCC2)c1)N(C)CCc1cccs1.I. The van der Waals surface area contributed by atoms with Crippen LogP contribution < -0.4 is 10.1 Å². The van der Waals surface area contributed by atoms with Crippen molar-refractivity contribution in [2.45, 2.75) is 31.8 Å². The van der Waals surface area contributed by atoms with Crippen molar-refractivity contribution in [3.05, 3.63) is 52.2 Å². The summed E-state index contributed by atoms with van der Waals surface area (Å²) in [4.78, 5) is 10.4.